The largest absolute Gasteiger partial charge is 0.384 e. The molecule has 0 fully saturated rings. The fourth-order valence-corrected chi connectivity index (χ4v) is 1.23. The molecule has 4 N–H and O–H groups in total. The molecule has 0 aliphatic carbocycles. The predicted molar refractivity (Wildman–Crippen MR) is 52.3 cm³/mol. The second kappa shape index (κ2) is 3.02. The molecule has 0 unspecified atom stereocenters. The highest BCUT2D eigenvalue weighted by Gasteiger charge is 2.04. The predicted octanol–water partition coefficient (Wildman–Crippen LogP) is 1.18. The van der Waals surface area contributed by atoms with E-state index in [9.17, 15) is 4.39 Å². The Hall–Kier alpha value is -2.04. The summed E-state index contributed by atoms with van der Waals surface area (Å²) in [5, 5.41) is 3.92. The van der Waals surface area contributed by atoms with E-state index < -0.39 is 0 Å². The summed E-state index contributed by atoms with van der Waals surface area (Å²) < 4.78 is 14.3. The highest BCUT2D eigenvalue weighted by molar-refractivity contribution is 5.48. The van der Waals surface area contributed by atoms with Crippen molar-refractivity contribution in [3.8, 4) is 5.69 Å². The minimum absolute atomic E-state index is 0.312. The fraction of sp³-hybridized carbons (Fsp3) is 0. The van der Waals surface area contributed by atoms with Crippen molar-refractivity contribution in [2.24, 2.45) is 0 Å². The van der Waals surface area contributed by atoms with Crippen LogP contribution in [-0.4, -0.2) is 9.78 Å². The van der Waals surface area contributed by atoms with Gasteiger partial charge >= 0.3 is 0 Å². The van der Waals surface area contributed by atoms with Gasteiger partial charge in [0, 0.05) is 6.07 Å². The SMILES string of the molecule is Nc1cc(N)n(-c2cccc(F)c2)n1. The highest BCUT2D eigenvalue weighted by atomic mass is 19.1. The number of anilines is 2. The van der Waals surface area contributed by atoms with Crippen molar-refractivity contribution in [2.45, 2.75) is 0 Å². The average Bonchev–Trinajstić information content (AvgIpc) is 2.45. The maximum atomic E-state index is 12.9. The maximum absolute atomic E-state index is 12.9. The molecular weight excluding hydrogens is 183 g/mol. The van der Waals surface area contributed by atoms with Crippen LogP contribution in [0.5, 0.6) is 0 Å². The van der Waals surface area contributed by atoms with Gasteiger partial charge in [0.25, 0.3) is 0 Å². The van der Waals surface area contributed by atoms with E-state index >= 15 is 0 Å². The summed E-state index contributed by atoms with van der Waals surface area (Å²) in [6, 6.07) is 7.49. The van der Waals surface area contributed by atoms with Crippen molar-refractivity contribution in [3.05, 3.63) is 36.1 Å². The molecule has 2 rings (SSSR count). The van der Waals surface area contributed by atoms with E-state index in [1.807, 2.05) is 0 Å². The van der Waals surface area contributed by atoms with E-state index in [4.69, 9.17) is 11.5 Å². The highest BCUT2D eigenvalue weighted by Crippen LogP contribution is 2.15. The van der Waals surface area contributed by atoms with Crippen LogP contribution in [0.4, 0.5) is 16.0 Å². The van der Waals surface area contributed by atoms with Gasteiger partial charge in [0.1, 0.15) is 17.5 Å². The molecule has 0 amide bonds. The number of nitrogens with zero attached hydrogens (tertiary/aromatic N) is 2. The summed E-state index contributed by atoms with van der Waals surface area (Å²) in [6.45, 7) is 0. The molecule has 72 valence electrons. The number of halogens is 1. The standard InChI is InChI=1S/C9H9FN4/c10-6-2-1-3-7(4-6)14-9(12)5-8(11)13-14/h1-5H,12H2,(H2,11,13). The number of benzene rings is 1. The van der Waals surface area contributed by atoms with E-state index in [0.29, 0.717) is 17.3 Å². The van der Waals surface area contributed by atoms with Crippen molar-refractivity contribution in [2.75, 3.05) is 11.5 Å². The van der Waals surface area contributed by atoms with Crippen LogP contribution in [0.1, 0.15) is 0 Å². The van der Waals surface area contributed by atoms with Crippen LogP contribution in [0, 0.1) is 5.82 Å². The molecular formula is C9H9FN4. The number of hydrogen-bond acceptors (Lipinski definition) is 3. The lowest BCUT2D eigenvalue weighted by molar-refractivity contribution is 0.625. The Kier molecular flexibility index (Phi) is 1.85. The van der Waals surface area contributed by atoms with Crippen LogP contribution in [0.3, 0.4) is 0 Å². The number of nitrogen functional groups attached to an aromatic ring is 2. The first-order chi connectivity index (χ1) is 6.66. The number of rotatable bonds is 1. The zero-order valence-corrected chi connectivity index (χ0v) is 7.31. The minimum Gasteiger partial charge on any atom is -0.384 e. The monoisotopic (exact) mass is 192 g/mol. The normalized spacial score (nSPS) is 10.4. The summed E-state index contributed by atoms with van der Waals surface area (Å²) in [6.07, 6.45) is 0. The second-order valence-corrected chi connectivity index (χ2v) is 2.89. The Balaban J connectivity index is 2.54. The van der Waals surface area contributed by atoms with Gasteiger partial charge in [-0.05, 0) is 18.2 Å². The molecule has 0 atom stereocenters. The van der Waals surface area contributed by atoms with Crippen molar-refractivity contribution >= 4 is 11.6 Å². The van der Waals surface area contributed by atoms with Gasteiger partial charge in [0.05, 0.1) is 5.69 Å². The lowest BCUT2D eigenvalue weighted by atomic mass is 10.3. The van der Waals surface area contributed by atoms with Crippen LogP contribution in [-0.2, 0) is 0 Å². The smallest absolute Gasteiger partial charge is 0.148 e. The molecule has 0 aliphatic rings. The molecule has 1 heterocycles. The van der Waals surface area contributed by atoms with Crippen LogP contribution in [0.15, 0.2) is 30.3 Å². The van der Waals surface area contributed by atoms with Gasteiger partial charge in [-0.3, -0.25) is 0 Å². The van der Waals surface area contributed by atoms with Crippen LogP contribution in [0.25, 0.3) is 5.69 Å². The van der Waals surface area contributed by atoms with Crippen LogP contribution in [0.2, 0.25) is 0 Å². The zero-order valence-electron chi connectivity index (χ0n) is 7.31. The first kappa shape index (κ1) is 8.55. The summed E-state index contributed by atoms with van der Waals surface area (Å²) in [5.41, 5.74) is 11.6. The third kappa shape index (κ3) is 1.39. The molecule has 0 radical (unpaired) electrons. The number of nitrogens with two attached hydrogens (primary N) is 2. The molecule has 4 nitrogen and oxygen atoms in total. The summed E-state index contributed by atoms with van der Waals surface area (Å²) in [7, 11) is 0. The van der Waals surface area contributed by atoms with Crippen molar-refractivity contribution in [3.63, 3.8) is 0 Å². The van der Waals surface area contributed by atoms with Gasteiger partial charge in [-0.1, -0.05) is 6.07 Å². The van der Waals surface area contributed by atoms with Crippen molar-refractivity contribution in [1.82, 2.24) is 9.78 Å². The molecule has 0 saturated heterocycles. The molecule has 14 heavy (non-hydrogen) atoms. The van der Waals surface area contributed by atoms with E-state index in [1.165, 1.54) is 22.9 Å². The molecule has 0 aliphatic heterocycles. The van der Waals surface area contributed by atoms with Gasteiger partial charge in [-0.15, -0.1) is 5.10 Å². The maximum Gasteiger partial charge on any atom is 0.148 e. The summed E-state index contributed by atoms with van der Waals surface area (Å²) >= 11 is 0. The van der Waals surface area contributed by atoms with E-state index in [-0.39, 0.29) is 5.82 Å². The summed E-state index contributed by atoms with van der Waals surface area (Å²) in [4.78, 5) is 0. The Morgan fingerprint density at radius 2 is 2.00 bits per heavy atom. The van der Waals surface area contributed by atoms with E-state index in [1.54, 1.807) is 12.1 Å². The molecule has 1 aromatic carbocycles. The third-order valence-corrected chi connectivity index (χ3v) is 1.81. The number of hydrogen-bond donors (Lipinski definition) is 2. The lowest BCUT2D eigenvalue weighted by Crippen LogP contribution is -2.02. The molecule has 0 spiro atoms. The quantitative estimate of drug-likeness (QED) is 0.712. The Morgan fingerprint density at radius 3 is 2.57 bits per heavy atom. The second-order valence-electron chi connectivity index (χ2n) is 2.89. The lowest BCUT2D eigenvalue weighted by Gasteiger charge is -2.02. The van der Waals surface area contributed by atoms with Crippen molar-refractivity contribution < 1.29 is 4.39 Å². The van der Waals surface area contributed by atoms with E-state index in [2.05, 4.69) is 5.10 Å². The first-order valence-electron chi connectivity index (χ1n) is 4.04. The van der Waals surface area contributed by atoms with Gasteiger partial charge in [0.2, 0.25) is 0 Å². The zero-order chi connectivity index (χ0) is 10.1. The Morgan fingerprint density at radius 1 is 1.21 bits per heavy atom. The van der Waals surface area contributed by atoms with Gasteiger partial charge in [-0.25, -0.2) is 9.07 Å². The molecule has 2 aromatic rings. The minimum atomic E-state index is -0.337. The van der Waals surface area contributed by atoms with Crippen molar-refractivity contribution in [1.29, 1.82) is 0 Å². The molecule has 1 aromatic heterocycles. The van der Waals surface area contributed by atoms with Crippen LogP contribution >= 0.6 is 0 Å². The number of aromatic nitrogens is 2. The third-order valence-electron chi connectivity index (χ3n) is 1.81. The van der Waals surface area contributed by atoms with Gasteiger partial charge < -0.3 is 11.5 Å². The fourth-order valence-electron chi connectivity index (χ4n) is 1.23. The van der Waals surface area contributed by atoms with E-state index in [0.717, 1.165) is 0 Å². The Bertz CT molecular complexity index is 464. The molecule has 5 heteroatoms. The molecule has 0 saturated carbocycles. The molecule has 0 bridgehead atoms. The van der Waals surface area contributed by atoms with Gasteiger partial charge in [-0.2, -0.15) is 0 Å². The van der Waals surface area contributed by atoms with Gasteiger partial charge in [0.15, 0.2) is 0 Å². The Labute approximate surface area is 79.9 Å². The average molecular weight is 192 g/mol. The summed E-state index contributed by atoms with van der Waals surface area (Å²) in [5.74, 6) is 0.357. The van der Waals surface area contributed by atoms with Crippen LogP contribution < -0.4 is 11.5 Å². The first-order valence-corrected chi connectivity index (χ1v) is 4.04. The topological polar surface area (TPSA) is 69.9 Å².